The highest BCUT2D eigenvalue weighted by atomic mass is 19.1. The summed E-state index contributed by atoms with van der Waals surface area (Å²) in [4.78, 5) is 29.1. The molecule has 1 aliphatic rings. The van der Waals surface area contributed by atoms with Crippen molar-refractivity contribution in [1.82, 2.24) is 9.80 Å². The standard InChI is InChI=1S/C22H26FN3O2/c1-16(20(24)17-6-3-2-4-7-17)21(27)25-12-5-13-26(15-14-25)22(28)18-8-10-19(23)11-9-18/h2-4,6-11,16,20H,5,12-15,24H2,1H3. The van der Waals surface area contributed by atoms with E-state index in [1.807, 2.05) is 37.3 Å². The fourth-order valence-electron chi connectivity index (χ4n) is 3.52. The maximum absolute atomic E-state index is 13.1. The fourth-order valence-corrected chi connectivity index (χ4v) is 3.52. The Morgan fingerprint density at radius 1 is 0.929 bits per heavy atom. The van der Waals surface area contributed by atoms with Crippen LogP contribution in [0, 0.1) is 11.7 Å². The molecule has 0 saturated carbocycles. The van der Waals surface area contributed by atoms with E-state index in [2.05, 4.69) is 0 Å². The van der Waals surface area contributed by atoms with Gasteiger partial charge in [0, 0.05) is 37.8 Å². The minimum atomic E-state index is -0.368. The normalized spacial score (nSPS) is 17.0. The van der Waals surface area contributed by atoms with Gasteiger partial charge in [0.15, 0.2) is 0 Å². The van der Waals surface area contributed by atoms with Crippen LogP contribution in [-0.2, 0) is 4.79 Å². The third-order valence-electron chi connectivity index (χ3n) is 5.30. The van der Waals surface area contributed by atoms with Crippen LogP contribution in [0.3, 0.4) is 0 Å². The van der Waals surface area contributed by atoms with E-state index in [1.165, 1.54) is 24.3 Å². The summed E-state index contributed by atoms with van der Waals surface area (Å²) in [5, 5.41) is 0. The molecule has 6 heteroatoms. The van der Waals surface area contributed by atoms with Gasteiger partial charge in [-0.15, -0.1) is 0 Å². The molecule has 2 aromatic carbocycles. The van der Waals surface area contributed by atoms with Crippen molar-refractivity contribution in [2.45, 2.75) is 19.4 Å². The minimum absolute atomic E-state index is 0.00688. The van der Waals surface area contributed by atoms with Gasteiger partial charge >= 0.3 is 0 Å². The molecule has 3 rings (SSSR count). The number of hydrogen-bond donors (Lipinski definition) is 1. The minimum Gasteiger partial charge on any atom is -0.341 e. The maximum Gasteiger partial charge on any atom is 0.253 e. The number of amides is 2. The Labute approximate surface area is 164 Å². The molecule has 2 aromatic rings. The highest BCUT2D eigenvalue weighted by Gasteiger charge is 2.29. The molecule has 1 saturated heterocycles. The van der Waals surface area contributed by atoms with Crippen molar-refractivity contribution < 1.29 is 14.0 Å². The molecule has 148 valence electrons. The number of halogens is 1. The van der Waals surface area contributed by atoms with Crippen LogP contribution in [0.4, 0.5) is 4.39 Å². The van der Waals surface area contributed by atoms with Gasteiger partial charge in [-0.3, -0.25) is 9.59 Å². The van der Waals surface area contributed by atoms with Gasteiger partial charge in [-0.2, -0.15) is 0 Å². The SMILES string of the molecule is CC(C(=O)N1CCCN(C(=O)c2ccc(F)cc2)CC1)C(N)c1ccccc1. The predicted octanol–water partition coefficient (Wildman–Crippen LogP) is 2.84. The van der Waals surface area contributed by atoms with Gasteiger partial charge in [0.05, 0.1) is 5.92 Å². The molecule has 2 unspecified atom stereocenters. The van der Waals surface area contributed by atoms with E-state index in [9.17, 15) is 14.0 Å². The Morgan fingerprint density at radius 2 is 1.54 bits per heavy atom. The Morgan fingerprint density at radius 3 is 2.21 bits per heavy atom. The number of carbonyl (C=O) groups excluding carboxylic acids is 2. The summed E-state index contributed by atoms with van der Waals surface area (Å²) in [6, 6.07) is 14.8. The van der Waals surface area contributed by atoms with Gasteiger partial charge in [0.25, 0.3) is 5.91 Å². The lowest BCUT2D eigenvalue weighted by Crippen LogP contribution is -2.42. The van der Waals surface area contributed by atoms with Crippen LogP contribution >= 0.6 is 0 Å². The molecule has 2 atom stereocenters. The first kappa shape index (κ1) is 20.0. The molecule has 28 heavy (non-hydrogen) atoms. The molecule has 1 fully saturated rings. The molecule has 0 spiro atoms. The van der Waals surface area contributed by atoms with Crippen LogP contribution in [0.25, 0.3) is 0 Å². The fraction of sp³-hybridized carbons (Fsp3) is 0.364. The molecule has 0 aromatic heterocycles. The molecular formula is C22H26FN3O2. The van der Waals surface area contributed by atoms with E-state index in [0.717, 1.165) is 5.56 Å². The zero-order chi connectivity index (χ0) is 20.1. The number of rotatable bonds is 4. The number of benzene rings is 2. The van der Waals surface area contributed by atoms with Crippen LogP contribution in [0.5, 0.6) is 0 Å². The monoisotopic (exact) mass is 383 g/mol. The highest BCUT2D eigenvalue weighted by molar-refractivity contribution is 5.94. The van der Waals surface area contributed by atoms with Crippen LogP contribution < -0.4 is 5.73 Å². The van der Waals surface area contributed by atoms with E-state index in [-0.39, 0.29) is 29.6 Å². The molecule has 0 radical (unpaired) electrons. The smallest absolute Gasteiger partial charge is 0.253 e. The average Bonchev–Trinajstić information content (AvgIpc) is 2.99. The van der Waals surface area contributed by atoms with E-state index in [1.54, 1.807) is 9.80 Å². The largest absolute Gasteiger partial charge is 0.341 e. The molecule has 1 heterocycles. The average molecular weight is 383 g/mol. The number of nitrogens with two attached hydrogens (primary N) is 1. The van der Waals surface area contributed by atoms with Crippen LogP contribution in [0.1, 0.15) is 35.3 Å². The van der Waals surface area contributed by atoms with E-state index in [0.29, 0.717) is 38.2 Å². The lowest BCUT2D eigenvalue weighted by molar-refractivity contribution is -0.135. The summed E-state index contributed by atoms with van der Waals surface area (Å²) in [6.07, 6.45) is 0.700. The summed E-state index contributed by atoms with van der Waals surface area (Å²) in [7, 11) is 0. The van der Waals surface area contributed by atoms with Crippen molar-refractivity contribution in [3.8, 4) is 0 Å². The summed E-state index contributed by atoms with van der Waals surface area (Å²) in [5.74, 6) is -0.842. The molecule has 2 N–H and O–H groups in total. The predicted molar refractivity (Wildman–Crippen MR) is 106 cm³/mol. The number of nitrogens with zero attached hydrogens (tertiary/aromatic N) is 2. The van der Waals surface area contributed by atoms with Gasteiger partial charge in [0.1, 0.15) is 5.82 Å². The third-order valence-corrected chi connectivity index (χ3v) is 5.30. The molecule has 5 nitrogen and oxygen atoms in total. The van der Waals surface area contributed by atoms with Crippen molar-refractivity contribution in [3.63, 3.8) is 0 Å². The summed E-state index contributed by atoms with van der Waals surface area (Å²) < 4.78 is 13.1. The van der Waals surface area contributed by atoms with Gasteiger partial charge in [-0.25, -0.2) is 4.39 Å². The molecule has 2 amide bonds. The van der Waals surface area contributed by atoms with Crippen molar-refractivity contribution in [2.75, 3.05) is 26.2 Å². The van der Waals surface area contributed by atoms with Crippen molar-refractivity contribution in [2.24, 2.45) is 11.7 Å². The Bertz CT molecular complexity index is 810. The number of carbonyl (C=O) groups is 2. The van der Waals surface area contributed by atoms with Crippen LogP contribution in [0.15, 0.2) is 54.6 Å². The van der Waals surface area contributed by atoms with Gasteiger partial charge < -0.3 is 15.5 Å². The Kier molecular flexibility index (Phi) is 6.41. The van der Waals surface area contributed by atoms with E-state index >= 15 is 0 Å². The molecular weight excluding hydrogens is 357 g/mol. The highest BCUT2D eigenvalue weighted by Crippen LogP contribution is 2.22. The zero-order valence-electron chi connectivity index (χ0n) is 16.1. The lowest BCUT2D eigenvalue weighted by Gasteiger charge is -2.27. The Balaban J connectivity index is 1.62. The van der Waals surface area contributed by atoms with Gasteiger partial charge in [0.2, 0.25) is 5.91 Å². The first-order valence-electron chi connectivity index (χ1n) is 9.61. The lowest BCUT2D eigenvalue weighted by atomic mass is 9.94. The summed E-state index contributed by atoms with van der Waals surface area (Å²) >= 11 is 0. The maximum atomic E-state index is 13.1. The second-order valence-electron chi connectivity index (χ2n) is 7.20. The molecule has 0 aliphatic carbocycles. The van der Waals surface area contributed by atoms with E-state index in [4.69, 9.17) is 5.73 Å². The van der Waals surface area contributed by atoms with Gasteiger partial charge in [-0.05, 0) is 36.2 Å². The quantitative estimate of drug-likeness (QED) is 0.883. The van der Waals surface area contributed by atoms with Crippen molar-refractivity contribution >= 4 is 11.8 Å². The summed E-state index contributed by atoms with van der Waals surface area (Å²) in [5.41, 5.74) is 7.70. The van der Waals surface area contributed by atoms with Crippen LogP contribution in [0.2, 0.25) is 0 Å². The first-order valence-corrected chi connectivity index (χ1v) is 9.61. The first-order chi connectivity index (χ1) is 13.5. The van der Waals surface area contributed by atoms with Crippen molar-refractivity contribution in [3.05, 3.63) is 71.5 Å². The van der Waals surface area contributed by atoms with Crippen LogP contribution in [-0.4, -0.2) is 47.8 Å². The molecule has 1 aliphatic heterocycles. The molecule has 0 bridgehead atoms. The van der Waals surface area contributed by atoms with Gasteiger partial charge in [-0.1, -0.05) is 37.3 Å². The van der Waals surface area contributed by atoms with Crippen molar-refractivity contribution in [1.29, 1.82) is 0 Å². The zero-order valence-corrected chi connectivity index (χ0v) is 16.1. The second-order valence-corrected chi connectivity index (χ2v) is 7.20. The second kappa shape index (κ2) is 8.97. The van der Waals surface area contributed by atoms with E-state index < -0.39 is 0 Å². The third kappa shape index (κ3) is 4.57. The topological polar surface area (TPSA) is 66.6 Å². The Hall–Kier alpha value is -2.73. The number of hydrogen-bond acceptors (Lipinski definition) is 3. The summed E-state index contributed by atoms with van der Waals surface area (Å²) in [6.45, 7) is 3.94.